The molecule has 3 aromatic carbocycles. The number of unbranched alkanes of at least 4 members (excludes halogenated alkanes) is 1. The second-order valence-corrected chi connectivity index (χ2v) is 8.67. The molecule has 0 saturated heterocycles. The van der Waals surface area contributed by atoms with Crippen LogP contribution in [0.15, 0.2) is 60.7 Å². The van der Waals surface area contributed by atoms with Crippen molar-refractivity contribution in [2.45, 2.75) is 52.3 Å². The number of hydrogen-bond donors (Lipinski definition) is 0. The van der Waals surface area contributed by atoms with Gasteiger partial charge in [-0.1, -0.05) is 44.5 Å². The van der Waals surface area contributed by atoms with Crippen molar-refractivity contribution in [3.05, 3.63) is 77.6 Å². The molecule has 0 spiro atoms. The molecule has 0 aliphatic rings. The molecule has 3 aromatic rings. The highest BCUT2D eigenvalue weighted by molar-refractivity contribution is 5.73. The maximum absolute atomic E-state index is 14.7. The smallest absolute Gasteiger partial charge is 0.379 e. The van der Waals surface area contributed by atoms with E-state index in [0.717, 1.165) is 24.0 Å². The zero-order chi connectivity index (χ0) is 28.8. The quantitative estimate of drug-likeness (QED) is 0.130. The summed E-state index contributed by atoms with van der Waals surface area (Å²) >= 11 is 0. The Morgan fingerprint density at radius 3 is 2.31 bits per heavy atom. The van der Waals surface area contributed by atoms with Gasteiger partial charge in [0.25, 0.3) is 0 Å². The molecule has 212 valence electrons. The fourth-order valence-electron chi connectivity index (χ4n) is 3.69. The Kier molecular flexibility index (Phi) is 13.1. The molecule has 0 amide bonds. The molecule has 5 nitrogen and oxygen atoms in total. The Hall–Kier alpha value is -3.75. The van der Waals surface area contributed by atoms with Crippen LogP contribution in [0.1, 0.15) is 50.2 Å². The Morgan fingerprint density at radius 2 is 1.64 bits per heavy atom. The monoisotopic (exact) mass is 550 g/mol. The van der Waals surface area contributed by atoms with E-state index in [1.165, 1.54) is 13.2 Å². The second-order valence-electron chi connectivity index (χ2n) is 8.67. The van der Waals surface area contributed by atoms with E-state index in [9.17, 15) is 22.4 Å². The molecule has 0 aliphatic heterocycles. The highest BCUT2D eigenvalue weighted by Crippen LogP contribution is 2.35. The fraction of sp³-hybridized carbons (Fsp3) is 0.367. The van der Waals surface area contributed by atoms with E-state index < -0.39 is 6.68 Å². The van der Waals surface area contributed by atoms with E-state index in [1.54, 1.807) is 19.2 Å². The van der Waals surface area contributed by atoms with Crippen LogP contribution in [0.3, 0.4) is 0 Å². The van der Waals surface area contributed by atoms with Gasteiger partial charge in [0.2, 0.25) is 0 Å². The zero-order valence-corrected chi connectivity index (χ0v) is 22.5. The van der Waals surface area contributed by atoms with E-state index in [0.29, 0.717) is 48.0 Å². The first-order valence-corrected chi connectivity index (χ1v) is 12.5. The van der Waals surface area contributed by atoms with Gasteiger partial charge >= 0.3 is 12.6 Å². The van der Waals surface area contributed by atoms with Crippen molar-refractivity contribution >= 4 is 5.97 Å². The Labute approximate surface area is 226 Å². The molecular weight excluding hydrogens is 516 g/mol. The van der Waals surface area contributed by atoms with Crippen molar-refractivity contribution in [3.8, 4) is 28.4 Å². The van der Waals surface area contributed by atoms with Gasteiger partial charge in [-0.15, -0.1) is 0 Å². The summed E-state index contributed by atoms with van der Waals surface area (Å²) in [7, 11) is 2.95. The van der Waals surface area contributed by atoms with Gasteiger partial charge in [0.15, 0.2) is 0 Å². The lowest BCUT2D eigenvalue weighted by atomic mass is 9.98. The lowest BCUT2D eigenvalue weighted by molar-refractivity contribution is -0.140. The van der Waals surface area contributed by atoms with Crippen molar-refractivity contribution in [2.24, 2.45) is 0 Å². The molecule has 1 unspecified atom stereocenters. The first-order valence-electron chi connectivity index (χ1n) is 12.5. The van der Waals surface area contributed by atoms with Crippen LogP contribution in [0.2, 0.25) is 0 Å². The van der Waals surface area contributed by atoms with E-state index >= 15 is 0 Å². The number of halogens is 4. The lowest BCUT2D eigenvalue weighted by Gasteiger charge is -2.16. The summed E-state index contributed by atoms with van der Waals surface area (Å²) in [6, 6.07) is 18.0. The first kappa shape index (κ1) is 31.5. The van der Waals surface area contributed by atoms with Crippen LogP contribution in [0.25, 0.3) is 11.1 Å². The highest BCUT2D eigenvalue weighted by Gasteiger charge is 2.15. The second kappa shape index (κ2) is 16.3. The van der Waals surface area contributed by atoms with E-state index in [1.807, 2.05) is 49.4 Å². The van der Waals surface area contributed by atoms with Crippen molar-refractivity contribution in [1.29, 1.82) is 0 Å². The molecule has 9 heteroatoms. The van der Waals surface area contributed by atoms with Crippen molar-refractivity contribution < 1.29 is 41.3 Å². The van der Waals surface area contributed by atoms with Crippen LogP contribution in [0, 0.1) is 5.82 Å². The maximum atomic E-state index is 14.7. The molecule has 0 saturated carbocycles. The van der Waals surface area contributed by atoms with Gasteiger partial charge in [0.1, 0.15) is 29.7 Å². The topological polar surface area (TPSA) is 54.0 Å². The molecule has 0 fully saturated rings. The zero-order valence-electron chi connectivity index (χ0n) is 22.5. The molecule has 0 heterocycles. The predicted octanol–water partition coefficient (Wildman–Crippen LogP) is 8.10. The average molecular weight is 551 g/mol. The Morgan fingerprint density at radius 1 is 0.897 bits per heavy atom. The fourth-order valence-corrected chi connectivity index (χ4v) is 3.69. The molecule has 0 aliphatic carbocycles. The Balaban J connectivity index is 0.00000124. The summed E-state index contributed by atoms with van der Waals surface area (Å²) in [5, 5.41) is 0. The van der Waals surface area contributed by atoms with E-state index in [-0.39, 0.29) is 17.7 Å². The lowest BCUT2D eigenvalue weighted by Crippen LogP contribution is -2.06. The van der Waals surface area contributed by atoms with Gasteiger partial charge < -0.3 is 18.9 Å². The summed E-state index contributed by atoms with van der Waals surface area (Å²) in [6.45, 7) is 1.27. The minimum absolute atomic E-state index is 0.0154. The van der Waals surface area contributed by atoms with Crippen molar-refractivity contribution in [3.63, 3.8) is 0 Å². The molecule has 0 N–H and O–H groups in total. The molecule has 1 atom stereocenters. The SMILES string of the molecule is CCCCOc1cc(COc2cccc(C(C)CC(=O)OC)c2)ccc1-c1cc(OC)ccc1F.FC(F)F. The number of benzene rings is 3. The van der Waals surface area contributed by atoms with Crippen molar-refractivity contribution in [1.82, 2.24) is 0 Å². The normalized spacial score (nSPS) is 11.3. The maximum Gasteiger partial charge on any atom is 0.379 e. The van der Waals surface area contributed by atoms with Gasteiger partial charge in [-0.3, -0.25) is 4.79 Å². The number of rotatable bonds is 12. The summed E-state index contributed by atoms with van der Waals surface area (Å²) in [5.74, 6) is 1.32. The number of esters is 1. The van der Waals surface area contributed by atoms with E-state index in [4.69, 9.17) is 18.9 Å². The minimum atomic E-state index is -3.67. The van der Waals surface area contributed by atoms with Crippen LogP contribution < -0.4 is 14.2 Å². The third-order valence-electron chi connectivity index (χ3n) is 5.80. The van der Waals surface area contributed by atoms with Gasteiger partial charge in [0, 0.05) is 11.1 Å². The standard InChI is InChI=1S/C29H33FO5.CHF3/c1-5-6-14-34-28-16-21(10-12-25(28)26-18-23(32-3)11-13-27(26)30)19-35-24-9-7-8-22(17-24)20(2)15-29(31)33-4;2-1(3)4/h7-13,16-18,20H,5-6,14-15,19H2,1-4H3;1H. The minimum Gasteiger partial charge on any atom is -0.497 e. The van der Waals surface area contributed by atoms with Gasteiger partial charge in [-0.25, -0.2) is 4.39 Å². The Bertz CT molecular complexity index is 1180. The van der Waals surface area contributed by atoms with Gasteiger partial charge in [-0.2, -0.15) is 13.2 Å². The molecule has 0 radical (unpaired) electrons. The molecule has 39 heavy (non-hydrogen) atoms. The molecule has 0 bridgehead atoms. The third-order valence-corrected chi connectivity index (χ3v) is 5.80. The largest absolute Gasteiger partial charge is 0.497 e. The van der Waals surface area contributed by atoms with Crippen LogP contribution in [-0.4, -0.2) is 33.5 Å². The number of ether oxygens (including phenoxy) is 4. The summed E-state index contributed by atoms with van der Waals surface area (Å²) < 4.78 is 65.8. The van der Waals surface area contributed by atoms with Crippen LogP contribution in [0.4, 0.5) is 17.6 Å². The molecule has 3 rings (SSSR count). The van der Waals surface area contributed by atoms with Crippen LogP contribution >= 0.6 is 0 Å². The first-order chi connectivity index (χ1) is 18.7. The third kappa shape index (κ3) is 10.5. The summed E-state index contributed by atoms with van der Waals surface area (Å²) in [5.41, 5.74) is 2.99. The average Bonchev–Trinajstić information content (AvgIpc) is 2.92. The summed E-state index contributed by atoms with van der Waals surface area (Å²) in [6.07, 6.45) is 2.20. The van der Waals surface area contributed by atoms with Gasteiger partial charge in [0.05, 0.1) is 27.2 Å². The van der Waals surface area contributed by atoms with Crippen molar-refractivity contribution in [2.75, 3.05) is 20.8 Å². The number of hydrogen-bond acceptors (Lipinski definition) is 5. The van der Waals surface area contributed by atoms with Crippen LogP contribution in [-0.2, 0) is 16.1 Å². The highest BCUT2D eigenvalue weighted by atomic mass is 19.4. The van der Waals surface area contributed by atoms with E-state index in [2.05, 4.69) is 6.92 Å². The number of alkyl halides is 3. The van der Waals surface area contributed by atoms with Gasteiger partial charge in [-0.05, 0) is 59.9 Å². The predicted molar refractivity (Wildman–Crippen MR) is 142 cm³/mol. The number of methoxy groups -OCH3 is 2. The summed E-state index contributed by atoms with van der Waals surface area (Å²) in [4.78, 5) is 11.6. The molecule has 0 aromatic heterocycles. The van der Waals surface area contributed by atoms with Crippen LogP contribution in [0.5, 0.6) is 17.2 Å². The number of carbonyl (C=O) groups excluding carboxylic acids is 1. The molecular formula is C30H34F4O5. The number of carbonyl (C=O) groups is 1.